The van der Waals surface area contributed by atoms with Crippen LogP contribution < -0.4 is 4.90 Å². The number of hydrogen-bond donors (Lipinski definition) is 0. The number of halogens is 1. The van der Waals surface area contributed by atoms with Gasteiger partial charge in [-0.1, -0.05) is 35.0 Å². The summed E-state index contributed by atoms with van der Waals surface area (Å²) in [6.07, 6.45) is 4.69. The quantitative estimate of drug-likeness (QED) is 0.333. The van der Waals surface area contributed by atoms with Gasteiger partial charge >= 0.3 is 0 Å². The Morgan fingerprint density at radius 2 is 2.25 bits per heavy atom. The van der Waals surface area contributed by atoms with E-state index in [1.165, 1.54) is 16.2 Å². The number of anilines is 1. The number of aromatic nitrogens is 2. The summed E-state index contributed by atoms with van der Waals surface area (Å²) in [6.45, 7) is 1.83. The summed E-state index contributed by atoms with van der Waals surface area (Å²) in [5.74, 6) is -1.41. The van der Waals surface area contributed by atoms with Crippen LogP contribution in [0.4, 0.5) is 5.00 Å². The minimum atomic E-state index is -3.35. The summed E-state index contributed by atoms with van der Waals surface area (Å²) in [5, 5.41) is 4.55. The molecule has 0 saturated heterocycles. The van der Waals surface area contributed by atoms with Gasteiger partial charge in [0, 0.05) is 42.2 Å². The molecule has 1 unspecified atom stereocenters. The second-order valence-electron chi connectivity index (χ2n) is 6.00. The van der Waals surface area contributed by atoms with Crippen molar-refractivity contribution in [1.29, 1.82) is 0 Å². The predicted octanol–water partition coefficient (Wildman–Crippen LogP) is 3.57. The molecule has 150 valence electrons. The molecule has 0 bridgehead atoms. The maximum Gasteiger partial charge on any atom is 0.231 e. The molecule has 9 nitrogen and oxygen atoms in total. The number of rotatable bonds is 9. The zero-order chi connectivity index (χ0) is 20.7. The van der Waals surface area contributed by atoms with Crippen LogP contribution >= 0.6 is 22.9 Å². The molecule has 2 rings (SSSR count). The van der Waals surface area contributed by atoms with Crippen molar-refractivity contribution in [1.82, 2.24) is 9.97 Å². The van der Waals surface area contributed by atoms with E-state index in [4.69, 9.17) is 17.1 Å². The topological polar surface area (TPSA) is 129 Å². The summed E-state index contributed by atoms with van der Waals surface area (Å²) < 4.78 is 23.4. The Labute approximate surface area is 171 Å². The Morgan fingerprint density at radius 1 is 1.50 bits per heavy atom. The fourth-order valence-corrected chi connectivity index (χ4v) is 4.97. The van der Waals surface area contributed by atoms with Crippen LogP contribution in [0, 0.1) is 5.92 Å². The number of amides is 1. The second kappa shape index (κ2) is 9.83. The van der Waals surface area contributed by atoms with E-state index >= 15 is 0 Å². The number of carbonyl (C=O) groups excluding carboxylic acids is 1. The molecular weight excluding hydrogens is 424 g/mol. The largest absolute Gasteiger partial charge is 0.301 e. The average Bonchev–Trinajstić information content (AvgIpc) is 3.04. The van der Waals surface area contributed by atoms with E-state index < -0.39 is 21.7 Å². The first-order valence-corrected chi connectivity index (χ1v) is 11.6. The van der Waals surface area contributed by atoms with Crippen LogP contribution in [-0.4, -0.2) is 49.4 Å². The number of carbonyl (C=O) groups is 1. The zero-order valence-electron chi connectivity index (χ0n) is 15.3. The van der Waals surface area contributed by atoms with Crippen LogP contribution in [0.3, 0.4) is 0 Å². The smallest absolute Gasteiger partial charge is 0.231 e. The van der Waals surface area contributed by atoms with Crippen LogP contribution in [0.5, 0.6) is 0 Å². The first-order chi connectivity index (χ1) is 13.3. The number of azide groups is 1. The number of pyridine rings is 1. The van der Waals surface area contributed by atoms with E-state index in [9.17, 15) is 13.2 Å². The first-order valence-electron chi connectivity index (χ1n) is 8.33. The molecule has 0 spiro atoms. The third-order valence-corrected chi connectivity index (χ3v) is 6.33. The Morgan fingerprint density at radius 3 is 2.82 bits per heavy atom. The van der Waals surface area contributed by atoms with E-state index in [2.05, 4.69) is 20.0 Å². The van der Waals surface area contributed by atoms with E-state index in [1.807, 2.05) is 6.07 Å². The molecule has 12 heteroatoms. The monoisotopic (exact) mass is 442 g/mol. The zero-order valence-corrected chi connectivity index (χ0v) is 17.7. The highest BCUT2D eigenvalue weighted by Crippen LogP contribution is 2.38. The molecule has 0 saturated carbocycles. The van der Waals surface area contributed by atoms with Gasteiger partial charge in [-0.3, -0.25) is 9.78 Å². The normalized spacial score (nSPS) is 12.2. The predicted molar refractivity (Wildman–Crippen MR) is 110 cm³/mol. The van der Waals surface area contributed by atoms with Crippen molar-refractivity contribution >= 4 is 43.7 Å². The Balaban J connectivity index is 2.41. The Bertz CT molecular complexity index is 974. The maximum atomic E-state index is 13.1. The van der Waals surface area contributed by atoms with Gasteiger partial charge in [0.15, 0.2) is 5.15 Å². The molecule has 2 heterocycles. The lowest BCUT2D eigenvalue weighted by molar-refractivity contribution is -0.121. The lowest BCUT2D eigenvalue weighted by Gasteiger charge is -2.25. The lowest BCUT2D eigenvalue weighted by atomic mass is 10.1. The number of nitrogens with zero attached hydrogens (tertiary/aromatic N) is 6. The third-order valence-electron chi connectivity index (χ3n) is 3.82. The molecule has 1 amide bonds. The van der Waals surface area contributed by atoms with E-state index in [0.717, 1.165) is 11.8 Å². The summed E-state index contributed by atoms with van der Waals surface area (Å²) in [4.78, 5) is 25.5. The SMILES string of the molecule is CCC(CS(C)(=O)=O)C(=O)N(CCN=[N+]=[N-])c1sc(-c2cccnc2)nc1Cl. The number of thiazole rings is 1. The molecule has 0 aliphatic carbocycles. The van der Waals surface area contributed by atoms with Gasteiger partial charge in [0.1, 0.15) is 19.8 Å². The van der Waals surface area contributed by atoms with Crippen LogP contribution in [0.2, 0.25) is 5.15 Å². The summed E-state index contributed by atoms with van der Waals surface area (Å²) >= 11 is 7.48. The van der Waals surface area contributed by atoms with Crippen molar-refractivity contribution in [2.24, 2.45) is 11.0 Å². The number of hydrogen-bond acceptors (Lipinski definition) is 7. The average molecular weight is 443 g/mol. The maximum absolute atomic E-state index is 13.1. The van der Waals surface area contributed by atoms with Gasteiger partial charge in [0.25, 0.3) is 0 Å². The van der Waals surface area contributed by atoms with Crippen molar-refractivity contribution in [3.05, 3.63) is 40.1 Å². The fourth-order valence-electron chi connectivity index (χ4n) is 2.52. The van der Waals surface area contributed by atoms with Crippen LogP contribution in [0.1, 0.15) is 13.3 Å². The van der Waals surface area contributed by atoms with Crippen molar-refractivity contribution < 1.29 is 13.2 Å². The molecule has 1 atom stereocenters. The van der Waals surface area contributed by atoms with Gasteiger partial charge in [-0.25, -0.2) is 13.4 Å². The molecule has 0 aliphatic heterocycles. The minimum absolute atomic E-state index is 0.0218. The molecule has 28 heavy (non-hydrogen) atoms. The highest BCUT2D eigenvalue weighted by Gasteiger charge is 2.30. The molecule has 0 N–H and O–H groups in total. The number of sulfone groups is 1. The van der Waals surface area contributed by atoms with Gasteiger partial charge in [-0.15, -0.1) is 0 Å². The van der Waals surface area contributed by atoms with Gasteiger partial charge in [0.05, 0.1) is 11.7 Å². The molecule has 0 aliphatic rings. The van der Waals surface area contributed by atoms with Crippen LogP contribution in [-0.2, 0) is 14.6 Å². The molecular formula is C16H19ClN6O3S2. The second-order valence-corrected chi connectivity index (χ2v) is 9.52. The van der Waals surface area contributed by atoms with Crippen LogP contribution in [0.25, 0.3) is 21.0 Å². The molecule has 2 aromatic heterocycles. The van der Waals surface area contributed by atoms with Gasteiger partial charge < -0.3 is 4.90 Å². The third kappa shape index (κ3) is 5.90. The highest BCUT2D eigenvalue weighted by atomic mass is 35.5. The van der Waals surface area contributed by atoms with Gasteiger partial charge in [-0.05, 0) is 24.1 Å². The highest BCUT2D eigenvalue weighted by molar-refractivity contribution is 7.90. The molecule has 0 radical (unpaired) electrons. The van der Waals surface area contributed by atoms with Crippen molar-refractivity contribution in [2.75, 3.05) is 30.0 Å². The van der Waals surface area contributed by atoms with Crippen molar-refractivity contribution in [2.45, 2.75) is 13.3 Å². The van der Waals surface area contributed by atoms with E-state index in [-0.39, 0.29) is 24.0 Å². The lowest BCUT2D eigenvalue weighted by Crippen LogP contribution is -2.40. The Hall–Kier alpha value is -2.20. The Kier molecular flexibility index (Phi) is 7.76. The van der Waals surface area contributed by atoms with E-state index in [0.29, 0.717) is 16.4 Å². The van der Waals surface area contributed by atoms with Crippen LogP contribution in [0.15, 0.2) is 29.6 Å². The minimum Gasteiger partial charge on any atom is -0.301 e. The summed E-state index contributed by atoms with van der Waals surface area (Å²) in [6, 6.07) is 3.57. The summed E-state index contributed by atoms with van der Waals surface area (Å²) in [5.41, 5.74) is 9.28. The van der Waals surface area contributed by atoms with Gasteiger partial charge in [-0.2, -0.15) is 0 Å². The summed E-state index contributed by atoms with van der Waals surface area (Å²) in [7, 11) is -3.35. The first kappa shape index (κ1) is 22.1. The fraction of sp³-hybridized carbons (Fsp3) is 0.438. The molecule has 0 fully saturated rings. The molecule has 2 aromatic rings. The van der Waals surface area contributed by atoms with Crippen molar-refractivity contribution in [3.63, 3.8) is 0 Å². The molecule has 0 aromatic carbocycles. The van der Waals surface area contributed by atoms with Crippen molar-refractivity contribution in [3.8, 4) is 10.6 Å². The standard InChI is InChI=1S/C16H19ClN6O3S2/c1-3-11(10-28(2,25)26)15(24)23(8-7-20-22-18)16-13(17)21-14(27-16)12-5-4-6-19-9-12/h4-6,9,11H,3,7-8,10H2,1-2H3. The van der Waals surface area contributed by atoms with E-state index in [1.54, 1.807) is 25.4 Å². The van der Waals surface area contributed by atoms with Gasteiger partial charge in [0.2, 0.25) is 5.91 Å².